The average Bonchev–Trinajstić information content (AvgIpc) is 2.98. The van der Waals surface area contributed by atoms with E-state index in [0.29, 0.717) is 37.8 Å². The number of fused-ring (bicyclic) bond motifs is 1. The van der Waals surface area contributed by atoms with Gasteiger partial charge in [-0.05, 0) is 25.0 Å². The molecule has 1 unspecified atom stereocenters. The van der Waals surface area contributed by atoms with Gasteiger partial charge in [0.2, 0.25) is 0 Å². The molecule has 1 aromatic heterocycles. The number of pyridine rings is 1. The van der Waals surface area contributed by atoms with Crippen molar-refractivity contribution in [2.45, 2.75) is 25.0 Å². The van der Waals surface area contributed by atoms with Crippen LogP contribution >= 0.6 is 0 Å². The van der Waals surface area contributed by atoms with Crippen LogP contribution in [0.3, 0.4) is 0 Å². The van der Waals surface area contributed by atoms with Crippen LogP contribution in [0.15, 0.2) is 37.2 Å². The molecular formula is C17H22N2O3. The van der Waals surface area contributed by atoms with Gasteiger partial charge in [-0.1, -0.05) is 6.08 Å². The van der Waals surface area contributed by atoms with Crippen LogP contribution in [-0.4, -0.2) is 54.3 Å². The largest absolute Gasteiger partial charge is 0.377 e. The van der Waals surface area contributed by atoms with E-state index in [9.17, 15) is 4.79 Å². The Hall–Kier alpha value is -1.72. The highest BCUT2D eigenvalue weighted by atomic mass is 16.5. The van der Waals surface area contributed by atoms with Gasteiger partial charge in [-0.2, -0.15) is 0 Å². The summed E-state index contributed by atoms with van der Waals surface area (Å²) >= 11 is 0. The minimum Gasteiger partial charge on any atom is -0.377 e. The van der Waals surface area contributed by atoms with Crippen LogP contribution in [0.2, 0.25) is 0 Å². The first-order chi connectivity index (χ1) is 10.8. The second-order valence-corrected chi connectivity index (χ2v) is 5.80. The molecular weight excluding hydrogens is 280 g/mol. The van der Waals surface area contributed by atoms with E-state index in [0.717, 1.165) is 12.8 Å². The van der Waals surface area contributed by atoms with Crippen LogP contribution in [0.4, 0.5) is 0 Å². The summed E-state index contributed by atoms with van der Waals surface area (Å²) in [4.78, 5) is 18.6. The molecule has 5 heteroatoms. The minimum absolute atomic E-state index is 0.0772. The Labute approximate surface area is 130 Å². The number of hydrogen-bond acceptors (Lipinski definition) is 4. The smallest absolute Gasteiger partial charge is 0.254 e. The van der Waals surface area contributed by atoms with Crippen molar-refractivity contribution in [1.29, 1.82) is 0 Å². The van der Waals surface area contributed by atoms with Crippen LogP contribution in [0.25, 0.3) is 0 Å². The molecule has 2 heterocycles. The van der Waals surface area contributed by atoms with Gasteiger partial charge in [0.1, 0.15) is 0 Å². The van der Waals surface area contributed by atoms with Crippen molar-refractivity contribution in [2.24, 2.45) is 5.92 Å². The van der Waals surface area contributed by atoms with Crippen molar-refractivity contribution in [3.05, 3.63) is 42.7 Å². The monoisotopic (exact) mass is 302 g/mol. The summed E-state index contributed by atoms with van der Waals surface area (Å²) in [5.74, 6) is 0.436. The molecule has 0 N–H and O–H groups in total. The van der Waals surface area contributed by atoms with Gasteiger partial charge < -0.3 is 14.4 Å². The number of amides is 1. The molecule has 0 aromatic carbocycles. The molecule has 2 fully saturated rings. The van der Waals surface area contributed by atoms with Crippen molar-refractivity contribution in [3.8, 4) is 0 Å². The maximum absolute atomic E-state index is 12.7. The summed E-state index contributed by atoms with van der Waals surface area (Å²) in [6.45, 7) is 6.14. The predicted molar refractivity (Wildman–Crippen MR) is 82.5 cm³/mol. The average molecular weight is 302 g/mol. The summed E-state index contributed by atoms with van der Waals surface area (Å²) in [5.41, 5.74) is 0.696. The zero-order valence-corrected chi connectivity index (χ0v) is 12.7. The predicted octanol–water partition coefficient (Wildman–Crippen LogP) is 1.90. The number of nitrogens with zero attached hydrogens (tertiary/aromatic N) is 2. The Morgan fingerprint density at radius 1 is 1.45 bits per heavy atom. The van der Waals surface area contributed by atoms with Crippen LogP contribution in [-0.2, 0) is 9.47 Å². The second-order valence-electron chi connectivity index (χ2n) is 5.80. The molecule has 1 amide bonds. The van der Waals surface area contributed by atoms with E-state index in [2.05, 4.69) is 11.6 Å². The molecule has 2 aliphatic rings. The van der Waals surface area contributed by atoms with Gasteiger partial charge >= 0.3 is 0 Å². The van der Waals surface area contributed by atoms with Gasteiger partial charge in [-0.25, -0.2) is 0 Å². The Morgan fingerprint density at radius 3 is 3.05 bits per heavy atom. The molecule has 1 aromatic rings. The minimum atomic E-state index is 0.0772. The first kappa shape index (κ1) is 15.2. The summed E-state index contributed by atoms with van der Waals surface area (Å²) < 4.78 is 11.5. The lowest BCUT2D eigenvalue weighted by molar-refractivity contribution is -0.0738. The maximum Gasteiger partial charge on any atom is 0.254 e. The van der Waals surface area contributed by atoms with Crippen molar-refractivity contribution in [3.63, 3.8) is 0 Å². The third-order valence-corrected chi connectivity index (χ3v) is 4.48. The van der Waals surface area contributed by atoms with Crippen molar-refractivity contribution in [2.75, 3.05) is 26.4 Å². The van der Waals surface area contributed by atoms with E-state index in [1.54, 1.807) is 30.6 Å². The SMILES string of the molecule is C=CCOCC1CC[C@@H]2[C@@H]1OCCN2C(=O)c1ccncc1. The van der Waals surface area contributed by atoms with Crippen LogP contribution in [0, 0.1) is 5.92 Å². The topological polar surface area (TPSA) is 51.7 Å². The molecule has 1 aliphatic carbocycles. The highest BCUT2D eigenvalue weighted by Crippen LogP contribution is 2.35. The van der Waals surface area contributed by atoms with Crippen molar-refractivity contribution in [1.82, 2.24) is 9.88 Å². The van der Waals surface area contributed by atoms with Gasteiger partial charge in [-0.3, -0.25) is 9.78 Å². The lowest BCUT2D eigenvalue weighted by Gasteiger charge is -2.39. The van der Waals surface area contributed by atoms with E-state index >= 15 is 0 Å². The molecule has 5 nitrogen and oxygen atoms in total. The van der Waals surface area contributed by atoms with Crippen LogP contribution in [0.1, 0.15) is 23.2 Å². The Balaban J connectivity index is 1.67. The van der Waals surface area contributed by atoms with Gasteiger partial charge in [-0.15, -0.1) is 6.58 Å². The Bertz CT molecular complexity index is 520. The van der Waals surface area contributed by atoms with E-state index < -0.39 is 0 Å². The van der Waals surface area contributed by atoms with E-state index in [1.807, 2.05) is 4.90 Å². The van der Waals surface area contributed by atoms with Gasteiger partial charge in [0.25, 0.3) is 5.91 Å². The number of carbonyl (C=O) groups is 1. The van der Waals surface area contributed by atoms with Gasteiger partial charge in [0, 0.05) is 30.4 Å². The fourth-order valence-electron chi connectivity index (χ4n) is 3.45. The number of morpholine rings is 1. The third kappa shape index (κ3) is 3.05. The quantitative estimate of drug-likeness (QED) is 0.616. The molecule has 3 rings (SSSR count). The van der Waals surface area contributed by atoms with Crippen LogP contribution in [0.5, 0.6) is 0 Å². The highest BCUT2D eigenvalue weighted by Gasteiger charge is 2.44. The molecule has 0 radical (unpaired) electrons. The first-order valence-electron chi connectivity index (χ1n) is 7.82. The summed E-state index contributed by atoms with van der Waals surface area (Å²) in [5, 5.41) is 0. The first-order valence-corrected chi connectivity index (χ1v) is 7.82. The number of carbonyl (C=O) groups excluding carboxylic acids is 1. The van der Waals surface area contributed by atoms with E-state index in [4.69, 9.17) is 9.47 Å². The fraction of sp³-hybridized carbons (Fsp3) is 0.529. The van der Waals surface area contributed by atoms with Crippen LogP contribution < -0.4 is 0 Å². The normalized spacial score (nSPS) is 27.5. The molecule has 1 saturated carbocycles. The number of hydrogen-bond donors (Lipinski definition) is 0. The standard InChI is InChI=1S/C17H22N2O3/c1-2-10-21-12-14-3-4-15-16(14)22-11-9-19(15)17(20)13-5-7-18-8-6-13/h2,5-8,14-16H,1,3-4,9-12H2/t14?,15-,16-/m1/s1. The zero-order valence-electron chi connectivity index (χ0n) is 12.7. The Kier molecular flexibility index (Phi) is 4.85. The van der Waals surface area contributed by atoms with Gasteiger partial charge in [0.05, 0.1) is 32.0 Å². The van der Waals surface area contributed by atoms with E-state index in [1.165, 1.54) is 0 Å². The molecule has 0 bridgehead atoms. The number of rotatable bonds is 5. The lowest BCUT2D eigenvalue weighted by Crippen LogP contribution is -2.53. The summed E-state index contributed by atoms with van der Waals surface area (Å²) in [7, 11) is 0. The summed E-state index contributed by atoms with van der Waals surface area (Å²) in [6.07, 6.45) is 7.17. The second kappa shape index (κ2) is 7.03. The summed E-state index contributed by atoms with van der Waals surface area (Å²) in [6, 6.07) is 3.70. The lowest BCUT2D eigenvalue weighted by atomic mass is 10.0. The van der Waals surface area contributed by atoms with Crippen molar-refractivity contribution < 1.29 is 14.3 Å². The molecule has 1 saturated heterocycles. The molecule has 1 aliphatic heterocycles. The Morgan fingerprint density at radius 2 is 2.27 bits per heavy atom. The molecule has 0 spiro atoms. The molecule has 3 atom stereocenters. The fourth-order valence-corrected chi connectivity index (χ4v) is 3.45. The molecule has 22 heavy (non-hydrogen) atoms. The highest BCUT2D eigenvalue weighted by molar-refractivity contribution is 5.94. The maximum atomic E-state index is 12.7. The van der Waals surface area contributed by atoms with Gasteiger partial charge in [0.15, 0.2) is 0 Å². The van der Waals surface area contributed by atoms with E-state index in [-0.39, 0.29) is 18.1 Å². The zero-order chi connectivity index (χ0) is 15.4. The number of aromatic nitrogens is 1. The number of ether oxygens (including phenoxy) is 2. The third-order valence-electron chi connectivity index (χ3n) is 4.48. The van der Waals surface area contributed by atoms with Crippen molar-refractivity contribution >= 4 is 5.91 Å². The molecule has 118 valence electrons.